The van der Waals surface area contributed by atoms with Crippen LogP contribution >= 0.6 is 11.6 Å². The third-order valence-electron chi connectivity index (χ3n) is 4.79. The first-order valence-corrected chi connectivity index (χ1v) is 9.57. The summed E-state index contributed by atoms with van der Waals surface area (Å²) in [6.45, 7) is 8.59. The molecule has 0 amide bonds. The number of pyridine rings is 1. The third-order valence-corrected chi connectivity index (χ3v) is 5.03. The number of rotatable bonds is 8. The molecule has 138 valence electrons. The minimum absolute atomic E-state index is 0.699. The Morgan fingerprint density at radius 3 is 2.58 bits per heavy atom. The van der Waals surface area contributed by atoms with Crippen LogP contribution in [0.3, 0.4) is 0 Å². The maximum Gasteiger partial charge on any atom is 0.119 e. The molecule has 3 rings (SSSR count). The molecule has 0 aliphatic rings. The van der Waals surface area contributed by atoms with Crippen molar-refractivity contribution in [2.24, 2.45) is 0 Å². The van der Waals surface area contributed by atoms with Crippen LogP contribution in [0.1, 0.15) is 20.3 Å². The zero-order valence-electron chi connectivity index (χ0n) is 15.7. The van der Waals surface area contributed by atoms with Gasteiger partial charge in [0, 0.05) is 22.3 Å². The second kappa shape index (κ2) is 8.56. The molecule has 0 unspecified atom stereocenters. The molecule has 0 radical (unpaired) electrons. The zero-order valence-corrected chi connectivity index (χ0v) is 16.4. The lowest BCUT2D eigenvalue weighted by Crippen LogP contribution is -2.25. The van der Waals surface area contributed by atoms with E-state index in [-0.39, 0.29) is 0 Å². The number of hydrogen-bond acceptors (Lipinski definition) is 4. The fourth-order valence-corrected chi connectivity index (χ4v) is 3.44. The summed E-state index contributed by atoms with van der Waals surface area (Å²) < 4.78 is 5.41. The van der Waals surface area contributed by atoms with Gasteiger partial charge in [-0.25, -0.2) is 4.98 Å². The van der Waals surface area contributed by atoms with E-state index in [0.717, 1.165) is 65.8 Å². The second-order valence-electron chi connectivity index (χ2n) is 6.34. The highest BCUT2D eigenvalue weighted by molar-refractivity contribution is 6.31. The van der Waals surface area contributed by atoms with Crippen molar-refractivity contribution in [2.45, 2.75) is 20.3 Å². The van der Waals surface area contributed by atoms with E-state index in [1.165, 1.54) is 0 Å². The molecular weight excluding hydrogens is 346 g/mol. The predicted molar refractivity (Wildman–Crippen MR) is 112 cm³/mol. The van der Waals surface area contributed by atoms with Crippen molar-refractivity contribution in [3.05, 3.63) is 41.4 Å². The van der Waals surface area contributed by atoms with Crippen molar-refractivity contribution in [3.63, 3.8) is 0 Å². The molecule has 0 atom stereocenters. The molecule has 0 saturated heterocycles. The van der Waals surface area contributed by atoms with Gasteiger partial charge in [-0.15, -0.1) is 0 Å². The van der Waals surface area contributed by atoms with Crippen LogP contribution in [0.2, 0.25) is 5.02 Å². The Morgan fingerprint density at radius 1 is 1.04 bits per heavy atom. The molecule has 1 heterocycles. The minimum atomic E-state index is 0.699. The molecule has 0 bridgehead atoms. The van der Waals surface area contributed by atoms with E-state index in [2.05, 4.69) is 24.1 Å². The molecule has 0 aliphatic heterocycles. The van der Waals surface area contributed by atoms with E-state index >= 15 is 0 Å². The maximum absolute atomic E-state index is 6.18. The van der Waals surface area contributed by atoms with Crippen LogP contribution in [0.4, 0.5) is 5.69 Å². The summed E-state index contributed by atoms with van der Waals surface area (Å²) in [7, 11) is 1.69. The highest BCUT2D eigenvalue weighted by Crippen LogP contribution is 2.34. The van der Waals surface area contributed by atoms with Crippen LogP contribution in [-0.4, -0.2) is 43.2 Å². The SMILES string of the molecule is CCN(CC)CCCNc1c2ccc(Cl)cc2nc2ccc(OC)cc12. The quantitative estimate of drug-likeness (QED) is 0.436. The predicted octanol–water partition coefficient (Wildman–Crippen LogP) is 5.19. The lowest BCUT2D eigenvalue weighted by Gasteiger charge is -2.19. The monoisotopic (exact) mass is 371 g/mol. The van der Waals surface area contributed by atoms with Crippen molar-refractivity contribution >= 4 is 39.1 Å². The lowest BCUT2D eigenvalue weighted by molar-refractivity contribution is 0.303. The Labute approximate surface area is 160 Å². The van der Waals surface area contributed by atoms with Gasteiger partial charge in [0.05, 0.1) is 23.8 Å². The standard InChI is InChI=1S/C21H26ClN3O/c1-4-25(5-2)12-6-11-23-21-17-9-7-15(22)13-20(17)24-19-10-8-16(26-3)14-18(19)21/h7-10,13-14H,4-6,11-12H2,1-3H3,(H,23,24). The summed E-state index contributed by atoms with van der Waals surface area (Å²) in [4.78, 5) is 7.21. The van der Waals surface area contributed by atoms with Gasteiger partial charge in [0.25, 0.3) is 0 Å². The average Bonchev–Trinajstić information content (AvgIpc) is 2.66. The number of benzene rings is 2. The number of nitrogens with one attached hydrogen (secondary N) is 1. The lowest BCUT2D eigenvalue weighted by atomic mass is 10.1. The highest BCUT2D eigenvalue weighted by atomic mass is 35.5. The molecule has 0 saturated carbocycles. The van der Waals surface area contributed by atoms with Crippen molar-refractivity contribution in [2.75, 3.05) is 38.6 Å². The molecule has 26 heavy (non-hydrogen) atoms. The van der Waals surface area contributed by atoms with Gasteiger partial charge < -0.3 is 15.0 Å². The van der Waals surface area contributed by atoms with Gasteiger partial charge in [0.15, 0.2) is 0 Å². The van der Waals surface area contributed by atoms with Crippen molar-refractivity contribution in [1.82, 2.24) is 9.88 Å². The molecule has 0 aliphatic carbocycles. The molecule has 4 nitrogen and oxygen atoms in total. The van der Waals surface area contributed by atoms with Crippen LogP contribution in [0.5, 0.6) is 5.75 Å². The van der Waals surface area contributed by atoms with Gasteiger partial charge in [0.1, 0.15) is 5.75 Å². The summed E-state index contributed by atoms with van der Waals surface area (Å²) in [6.07, 6.45) is 1.09. The zero-order chi connectivity index (χ0) is 18.5. The number of hydrogen-bond donors (Lipinski definition) is 1. The molecule has 3 aromatic rings. The Morgan fingerprint density at radius 2 is 1.85 bits per heavy atom. The highest BCUT2D eigenvalue weighted by Gasteiger charge is 2.11. The number of fused-ring (bicyclic) bond motifs is 2. The van der Waals surface area contributed by atoms with Crippen molar-refractivity contribution < 1.29 is 4.74 Å². The van der Waals surface area contributed by atoms with Crippen LogP contribution in [0.15, 0.2) is 36.4 Å². The number of aromatic nitrogens is 1. The summed E-state index contributed by atoms with van der Waals surface area (Å²) >= 11 is 6.18. The Balaban J connectivity index is 1.95. The van der Waals surface area contributed by atoms with Gasteiger partial charge in [-0.1, -0.05) is 25.4 Å². The number of ether oxygens (including phenoxy) is 1. The Bertz CT molecular complexity index is 893. The minimum Gasteiger partial charge on any atom is -0.497 e. The topological polar surface area (TPSA) is 37.4 Å². The summed E-state index contributed by atoms with van der Waals surface area (Å²) in [5.41, 5.74) is 2.94. The Hall–Kier alpha value is -2.04. The largest absolute Gasteiger partial charge is 0.497 e. The van der Waals surface area contributed by atoms with Gasteiger partial charge in [-0.05, 0) is 62.5 Å². The van der Waals surface area contributed by atoms with E-state index in [4.69, 9.17) is 21.3 Å². The molecule has 0 spiro atoms. The van der Waals surface area contributed by atoms with Crippen LogP contribution in [-0.2, 0) is 0 Å². The van der Waals surface area contributed by atoms with Crippen LogP contribution in [0, 0.1) is 0 Å². The number of nitrogens with zero attached hydrogens (tertiary/aromatic N) is 2. The molecule has 1 N–H and O–H groups in total. The van der Waals surface area contributed by atoms with Crippen molar-refractivity contribution in [3.8, 4) is 5.75 Å². The third kappa shape index (κ3) is 4.02. The van der Waals surface area contributed by atoms with Crippen LogP contribution in [0.25, 0.3) is 21.8 Å². The molecule has 2 aromatic carbocycles. The maximum atomic E-state index is 6.18. The number of methoxy groups -OCH3 is 1. The van der Waals surface area contributed by atoms with Gasteiger partial charge in [-0.2, -0.15) is 0 Å². The van der Waals surface area contributed by atoms with E-state index in [1.54, 1.807) is 7.11 Å². The van der Waals surface area contributed by atoms with Crippen LogP contribution < -0.4 is 10.1 Å². The smallest absolute Gasteiger partial charge is 0.119 e. The normalized spacial score (nSPS) is 11.4. The molecule has 0 fully saturated rings. The van der Waals surface area contributed by atoms with Gasteiger partial charge in [-0.3, -0.25) is 0 Å². The molecule has 1 aromatic heterocycles. The van der Waals surface area contributed by atoms with Crippen molar-refractivity contribution in [1.29, 1.82) is 0 Å². The first-order chi connectivity index (χ1) is 12.7. The van der Waals surface area contributed by atoms with Gasteiger partial charge in [0.2, 0.25) is 0 Å². The van der Waals surface area contributed by atoms with E-state index in [0.29, 0.717) is 5.02 Å². The first-order valence-electron chi connectivity index (χ1n) is 9.19. The number of halogens is 1. The average molecular weight is 372 g/mol. The van der Waals surface area contributed by atoms with Gasteiger partial charge >= 0.3 is 0 Å². The first kappa shape index (κ1) is 18.7. The second-order valence-corrected chi connectivity index (χ2v) is 6.78. The van der Waals surface area contributed by atoms with E-state index in [1.807, 2.05) is 36.4 Å². The summed E-state index contributed by atoms with van der Waals surface area (Å²) in [6, 6.07) is 11.9. The molecule has 5 heteroatoms. The summed E-state index contributed by atoms with van der Waals surface area (Å²) in [5.74, 6) is 0.832. The number of anilines is 1. The Kier molecular flexibility index (Phi) is 6.17. The van der Waals surface area contributed by atoms with E-state index in [9.17, 15) is 0 Å². The fourth-order valence-electron chi connectivity index (χ4n) is 3.27. The fraction of sp³-hybridized carbons (Fsp3) is 0.381. The summed E-state index contributed by atoms with van der Waals surface area (Å²) in [5, 5.41) is 6.49. The molecular formula is C21H26ClN3O. The van der Waals surface area contributed by atoms with E-state index < -0.39 is 0 Å².